The van der Waals surface area contributed by atoms with Gasteiger partial charge in [0, 0.05) is 6.61 Å². The number of carboxylic acids is 1. The van der Waals surface area contributed by atoms with Gasteiger partial charge >= 0.3 is 5.97 Å². The molecule has 0 rings (SSSR count). The standard InChI is InChI=1S/C25H50O7/c1-3-5-6-7-8-9-10-11-12-13-14-15-16-17-31-25(24(26)27)32-23-22-30-21-20-29-19-18-28-4-2/h25H,3-23H2,1-2H3,(H,26,27). The summed E-state index contributed by atoms with van der Waals surface area (Å²) in [5.74, 6) is -1.10. The fraction of sp³-hybridized carbons (Fsp3) is 0.960. The van der Waals surface area contributed by atoms with Crippen molar-refractivity contribution in [3.05, 3.63) is 0 Å². The second-order valence-corrected chi connectivity index (χ2v) is 8.08. The lowest BCUT2D eigenvalue weighted by Gasteiger charge is -2.14. The van der Waals surface area contributed by atoms with E-state index in [0.717, 1.165) is 12.8 Å². The molecule has 1 N–H and O–H groups in total. The van der Waals surface area contributed by atoms with Gasteiger partial charge in [0.05, 0.1) is 46.2 Å². The third-order valence-corrected chi connectivity index (χ3v) is 5.16. The highest BCUT2D eigenvalue weighted by molar-refractivity contribution is 5.70. The van der Waals surface area contributed by atoms with E-state index < -0.39 is 12.3 Å². The van der Waals surface area contributed by atoms with Crippen LogP contribution in [0.2, 0.25) is 0 Å². The maximum atomic E-state index is 11.2. The monoisotopic (exact) mass is 462 g/mol. The molecule has 192 valence electrons. The van der Waals surface area contributed by atoms with Crippen LogP contribution in [0.3, 0.4) is 0 Å². The molecule has 0 amide bonds. The summed E-state index contributed by atoms with van der Waals surface area (Å²) in [6, 6.07) is 0. The fourth-order valence-electron chi connectivity index (χ4n) is 3.30. The maximum absolute atomic E-state index is 11.2. The van der Waals surface area contributed by atoms with Crippen LogP contribution in [0.15, 0.2) is 0 Å². The minimum absolute atomic E-state index is 0.175. The summed E-state index contributed by atoms with van der Waals surface area (Å²) in [5, 5.41) is 9.20. The Bertz CT molecular complexity index is 379. The zero-order valence-electron chi connectivity index (χ0n) is 20.8. The summed E-state index contributed by atoms with van der Waals surface area (Å²) in [6.45, 7) is 7.81. The number of aliphatic carboxylic acids is 1. The van der Waals surface area contributed by atoms with Gasteiger partial charge in [0.25, 0.3) is 6.29 Å². The molecule has 0 saturated carbocycles. The Morgan fingerprint density at radius 2 is 0.969 bits per heavy atom. The van der Waals surface area contributed by atoms with E-state index in [1.54, 1.807) is 0 Å². The first-order chi connectivity index (χ1) is 15.7. The van der Waals surface area contributed by atoms with Crippen LogP contribution in [-0.2, 0) is 28.5 Å². The molecule has 0 radical (unpaired) electrons. The molecule has 0 aromatic rings. The van der Waals surface area contributed by atoms with Gasteiger partial charge in [-0.2, -0.15) is 0 Å². The van der Waals surface area contributed by atoms with Crippen molar-refractivity contribution in [1.29, 1.82) is 0 Å². The molecule has 32 heavy (non-hydrogen) atoms. The van der Waals surface area contributed by atoms with Gasteiger partial charge in [-0.1, -0.05) is 84.0 Å². The Morgan fingerprint density at radius 1 is 0.562 bits per heavy atom. The molecule has 0 aliphatic heterocycles. The van der Waals surface area contributed by atoms with Crippen LogP contribution in [0.1, 0.15) is 97.3 Å². The summed E-state index contributed by atoms with van der Waals surface area (Å²) in [5.41, 5.74) is 0. The molecule has 0 bridgehead atoms. The molecule has 0 aromatic carbocycles. The lowest BCUT2D eigenvalue weighted by Crippen LogP contribution is -2.29. The number of hydrogen-bond donors (Lipinski definition) is 1. The molecule has 1 unspecified atom stereocenters. The Morgan fingerprint density at radius 3 is 1.44 bits per heavy atom. The van der Waals surface area contributed by atoms with E-state index in [1.807, 2.05) is 6.92 Å². The van der Waals surface area contributed by atoms with Crippen LogP contribution in [-0.4, -0.2) is 70.2 Å². The maximum Gasteiger partial charge on any atom is 0.361 e. The van der Waals surface area contributed by atoms with Crippen molar-refractivity contribution >= 4 is 5.97 Å². The normalized spacial score (nSPS) is 12.3. The van der Waals surface area contributed by atoms with Crippen LogP contribution in [0, 0.1) is 0 Å². The van der Waals surface area contributed by atoms with E-state index in [2.05, 4.69) is 6.92 Å². The first kappa shape index (κ1) is 31.3. The van der Waals surface area contributed by atoms with Gasteiger partial charge < -0.3 is 28.8 Å². The van der Waals surface area contributed by atoms with Crippen molar-refractivity contribution in [1.82, 2.24) is 0 Å². The minimum atomic E-state index is -1.22. The topological polar surface area (TPSA) is 83.5 Å². The molecule has 1 atom stereocenters. The highest BCUT2D eigenvalue weighted by atomic mass is 16.7. The number of carbonyl (C=O) groups is 1. The minimum Gasteiger partial charge on any atom is -0.477 e. The molecule has 0 spiro atoms. The molecular weight excluding hydrogens is 412 g/mol. The molecule has 0 aliphatic carbocycles. The van der Waals surface area contributed by atoms with Crippen molar-refractivity contribution < 1.29 is 33.6 Å². The molecule has 0 aliphatic rings. The van der Waals surface area contributed by atoms with Gasteiger partial charge in [0.1, 0.15) is 0 Å². The molecule has 7 nitrogen and oxygen atoms in total. The van der Waals surface area contributed by atoms with Gasteiger partial charge in [-0.25, -0.2) is 4.79 Å². The number of unbranched alkanes of at least 4 members (excludes halogenated alkanes) is 12. The van der Waals surface area contributed by atoms with Crippen molar-refractivity contribution in [2.45, 2.75) is 104 Å². The van der Waals surface area contributed by atoms with Gasteiger partial charge in [0.15, 0.2) is 0 Å². The Labute approximate surface area is 196 Å². The summed E-state index contributed by atoms with van der Waals surface area (Å²) >= 11 is 0. The zero-order chi connectivity index (χ0) is 23.5. The summed E-state index contributed by atoms with van der Waals surface area (Å²) in [4.78, 5) is 11.2. The van der Waals surface area contributed by atoms with E-state index in [0.29, 0.717) is 46.2 Å². The summed E-state index contributed by atoms with van der Waals surface area (Å²) in [6.07, 6.45) is 15.4. The van der Waals surface area contributed by atoms with Crippen LogP contribution in [0.5, 0.6) is 0 Å². The van der Waals surface area contributed by atoms with Crippen molar-refractivity contribution in [3.8, 4) is 0 Å². The highest BCUT2D eigenvalue weighted by Gasteiger charge is 2.18. The van der Waals surface area contributed by atoms with E-state index in [-0.39, 0.29) is 6.61 Å². The van der Waals surface area contributed by atoms with Crippen molar-refractivity contribution in [3.63, 3.8) is 0 Å². The molecular formula is C25H50O7. The predicted octanol–water partition coefficient (Wildman–Crippen LogP) is 5.59. The summed E-state index contributed by atoms with van der Waals surface area (Å²) in [7, 11) is 0. The van der Waals surface area contributed by atoms with E-state index in [1.165, 1.54) is 70.6 Å². The van der Waals surface area contributed by atoms with Gasteiger partial charge in [-0.15, -0.1) is 0 Å². The molecule has 0 saturated heterocycles. The second-order valence-electron chi connectivity index (χ2n) is 8.08. The van der Waals surface area contributed by atoms with Crippen LogP contribution in [0.25, 0.3) is 0 Å². The Kier molecular flexibility index (Phi) is 25.9. The van der Waals surface area contributed by atoms with Crippen molar-refractivity contribution in [2.75, 3.05) is 52.9 Å². The second kappa shape index (κ2) is 26.5. The van der Waals surface area contributed by atoms with Crippen LogP contribution in [0.4, 0.5) is 0 Å². The van der Waals surface area contributed by atoms with Gasteiger partial charge in [-0.05, 0) is 13.3 Å². The Balaban J connectivity index is 3.41. The smallest absolute Gasteiger partial charge is 0.361 e. The Hall–Kier alpha value is -0.730. The average Bonchev–Trinajstić information content (AvgIpc) is 2.78. The highest BCUT2D eigenvalue weighted by Crippen LogP contribution is 2.12. The van der Waals surface area contributed by atoms with Crippen LogP contribution >= 0.6 is 0 Å². The number of rotatable bonds is 27. The van der Waals surface area contributed by atoms with E-state index in [4.69, 9.17) is 23.7 Å². The average molecular weight is 463 g/mol. The quantitative estimate of drug-likeness (QED) is 0.126. The molecule has 0 heterocycles. The molecule has 0 fully saturated rings. The lowest BCUT2D eigenvalue weighted by atomic mass is 10.0. The fourth-order valence-corrected chi connectivity index (χ4v) is 3.30. The van der Waals surface area contributed by atoms with E-state index >= 15 is 0 Å². The number of ether oxygens (including phenoxy) is 5. The van der Waals surface area contributed by atoms with Crippen molar-refractivity contribution in [2.24, 2.45) is 0 Å². The predicted molar refractivity (Wildman–Crippen MR) is 127 cm³/mol. The lowest BCUT2D eigenvalue weighted by molar-refractivity contribution is -0.192. The third kappa shape index (κ3) is 23.9. The first-order valence-electron chi connectivity index (χ1n) is 12.9. The zero-order valence-corrected chi connectivity index (χ0v) is 20.8. The van der Waals surface area contributed by atoms with Gasteiger partial charge in [0.2, 0.25) is 0 Å². The number of carboxylic acid groups (broad SMARTS) is 1. The third-order valence-electron chi connectivity index (χ3n) is 5.16. The SMILES string of the molecule is CCCCCCCCCCCCCCCOC(OCCOCCOCCOCC)C(=O)O. The molecule has 7 heteroatoms. The first-order valence-corrected chi connectivity index (χ1v) is 12.9. The summed E-state index contributed by atoms with van der Waals surface area (Å²) < 4.78 is 26.5. The largest absolute Gasteiger partial charge is 0.477 e. The molecule has 0 aromatic heterocycles. The number of hydrogen-bond acceptors (Lipinski definition) is 6. The van der Waals surface area contributed by atoms with E-state index in [9.17, 15) is 9.90 Å². The van der Waals surface area contributed by atoms with Crippen LogP contribution < -0.4 is 0 Å². The van der Waals surface area contributed by atoms with Gasteiger partial charge in [-0.3, -0.25) is 0 Å².